The number of nitrogens with zero attached hydrogens (tertiary/aromatic N) is 2. The maximum Gasteiger partial charge on any atom is 0.266 e. The van der Waals surface area contributed by atoms with Crippen LogP contribution >= 0.6 is 11.6 Å². The van der Waals surface area contributed by atoms with E-state index in [2.05, 4.69) is 9.88 Å². The second kappa shape index (κ2) is 7.19. The van der Waals surface area contributed by atoms with Gasteiger partial charge in [0.25, 0.3) is 5.91 Å². The van der Waals surface area contributed by atoms with E-state index in [9.17, 15) is 13.2 Å². The van der Waals surface area contributed by atoms with Gasteiger partial charge in [-0.1, -0.05) is 11.6 Å². The van der Waals surface area contributed by atoms with Crippen molar-refractivity contribution in [3.05, 3.63) is 28.9 Å². The minimum atomic E-state index is -3.91. The molecule has 3 N–H and O–H groups in total. The van der Waals surface area contributed by atoms with Gasteiger partial charge in [-0.15, -0.1) is 0 Å². The number of H-pyrrole nitrogens is 1. The zero-order valence-electron chi connectivity index (χ0n) is 14.8. The number of aromatic nitrogens is 1. The third kappa shape index (κ3) is 3.59. The van der Waals surface area contributed by atoms with Crippen LogP contribution in [0.3, 0.4) is 0 Å². The van der Waals surface area contributed by atoms with E-state index in [0.717, 1.165) is 25.9 Å². The van der Waals surface area contributed by atoms with E-state index in [1.54, 1.807) is 12.1 Å². The van der Waals surface area contributed by atoms with Crippen LogP contribution in [0.25, 0.3) is 10.9 Å². The van der Waals surface area contributed by atoms with Gasteiger partial charge in [-0.25, -0.2) is 12.7 Å². The number of sulfonamides is 1. The predicted molar refractivity (Wildman–Crippen MR) is 102 cm³/mol. The summed E-state index contributed by atoms with van der Waals surface area (Å²) in [5.41, 5.74) is 5.81. The molecule has 26 heavy (non-hydrogen) atoms. The van der Waals surface area contributed by atoms with Gasteiger partial charge < -0.3 is 15.6 Å². The van der Waals surface area contributed by atoms with Gasteiger partial charge >= 0.3 is 0 Å². The van der Waals surface area contributed by atoms with Crippen molar-refractivity contribution in [1.82, 2.24) is 14.2 Å². The lowest BCUT2D eigenvalue weighted by Gasteiger charge is -2.32. The molecule has 3 rings (SSSR count). The Kier molecular flexibility index (Phi) is 5.30. The molecule has 1 aliphatic heterocycles. The molecule has 1 unspecified atom stereocenters. The first-order valence-electron chi connectivity index (χ1n) is 8.46. The Balaban J connectivity index is 2.01. The molecule has 2 aromatic rings. The van der Waals surface area contributed by atoms with Crippen LogP contribution in [0.2, 0.25) is 5.02 Å². The summed E-state index contributed by atoms with van der Waals surface area (Å²) in [7, 11) is -0.332. The molecule has 1 fully saturated rings. The van der Waals surface area contributed by atoms with Crippen LogP contribution in [-0.4, -0.2) is 62.2 Å². The molecular formula is C17H23ClN4O3S. The largest absolute Gasteiger partial charge is 0.364 e. The highest BCUT2D eigenvalue weighted by Gasteiger charge is 2.32. The summed E-state index contributed by atoms with van der Waals surface area (Å²) in [6, 6.07) is 4.80. The van der Waals surface area contributed by atoms with Crippen molar-refractivity contribution < 1.29 is 13.2 Å². The van der Waals surface area contributed by atoms with Crippen LogP contribution in [0.15, 0.2) is 23.1 Å². The van der Waals surface area contributed by atoms with Crippen LogP contribution in [0.5, 0.6) is 0 Å². The first-order chi connectivity index (χ1) is 12.2. The Labute approximate surface area is 158 Å². The normalized spacial score (nSPS) is 19.3. The Morgan fingerprint density at radius 2 is 2.19 bits per heavy atom. The van der Waals surface area contributed by atoms with E-state index in [0.29, 0.717) is 22.5 Å². The number of hydrogen-bond acceptors (Lipinski definition) is 4. The highest BCUT2D eigenvalue weighted by Crippen LogP contribution is 2.31. The van der Waals surface area contributed by atoms with Crippen molar-refractivity contribution in [2.24, 2.45) is 11.7 Å². The smallest absolute Gasteiger partial charge is 0.266 e. The summed E-state index contributed by atoms with van der Waals surface area (Å²) in [4.78, 5) is 16.8. The fourth-order valence-electron chi connectivity index (χ4n) is 3.62. The molecule has 2 heterocycles. The molecule has 1 aromatic carbocycles. The number of fused-ring (bicyclic) bond motifs is 1. The zero-order chi connectivity index (χ0) is 19.1. The standard InChI is InChI=1S/C17H23ClN4O3S/c1-21-7-3-4-11(9-21)10-22(2)26(24,25)16-13-8-12(18)5-6-14(13)20-15(16)17(19)23/h5-6,8,11,20H,3-4,7,9-10H2,1-2H3,(H2,19,23). The number of halogens is 1. The lowest BCUT2D eigenvalue weighted by Crippen LogP contribution is -2.40. The van der Waals surface area contributed by atoms with Gasteiger partial charge in [0.1, 0.15) is 10.6 Å². The number of carbonyl (C=O) groups excluding carboxylic acids is 1. The molecule has 9 heteroatoms. The van der Waals surface area contributed by atoms with E-state index in [1.165, 1.54) is 17.4 Å². The zero-order valence-corrected chi connectivity index (χ0v) is 16.4. The molecule has 0 radical (unpaired) electrons. The van der Waals surface area contributed by atoms with Gasteiger partial charge in [-0.05, 0) is 50.6 Å². The van der Waals surface area contributed by atoms with Gasteiger partial charge in [0.2, 0.25) is 10.0 Å². The molecule has 0 spiro atoms. The molecule has 1 amide bonds. The number of nitrogens with one attached hydrogen (secondary N) is 1. The molecule has 1 atom stereocenters. The number of nitrogens with two attached hydrogens (primary N) is 1. The number of benzene rings is 1. The molecule has 142 valence electrons. The van der Waals surface area contributed by atoms with Crippen LogP contribution in [-0.2, 0) is 10.0 Å². The molecule has 1 saturated heterocycles. The lowest BCUT2D eigenvalue weighted by molar-refractivity contribution is 0.0993. The summed E-state index contributed by atoms with van der Waals surface area (Å²) in [5, 5.41) is 0.763. The minimum Gasteiger partial charge on any atom is -0.364 e. The van der Waals surface area contributed by atoms with E-state index in [-0.39, 0.29) is 16.5 Å². The monoisotopic (exact) mass is 398 g/mol. The van der Waals surface area contributed by atoms with Crippen LogP contribution < -0.4 is 5.73 Å². The molecule has 0 aliphatic carbocycles. The van der Waals surface area contributed by atoms with E-state index >= 15 is 0 Å². The van der Waals surface area contributed by atoms with Gasteiger partial charge in [0.05, 0.1) is 0 Å². The number of primary amides is 1. The van der Waals surface area contributed by atoms with Crippen molar-refractivity contribution in [3.63, 3.8) is 0 Å². The van der Waals surface area contributed by atoms with Crippen molar-refractivity contribution in [3.8, 4) is 0 Å². The third-order valence-corrected chi connectivity index (χ3v) is 7.01. The van der Waals surface area contributed by atoms with Crippen LogP contribution in [0.1, 0.15) is 23.3 Å². The van der Waals surface area contributed by atoms with Crippen LogP contribution in [0, 0.1) is 5.92 Å². The van der Waals surface area contributed by atoms with Gasteiger partial charge in [-0.2, -0.15) is 0 Å². The van der Waals surface area contributed by atoms with E-state index in [1.807, 2.05) is 7.05 Å². The molecular weight excluding hydrogens is 376 g/mol. The van der Waals surface area contributed by atoms with Crippen molar-refractivity contribution >= 4 is 38.4 Å². The maximum atomic E-state index is 13.2. The van der Waals surface area contributed by atoms with Gasteiger partial charge in [0, 0.05) is 36.1 Å². The molecule has 0 saturated carbocycles. The van der Waals surface area contributed by atoms with Crippen molar-refractivity contribution in [2.45, 2.75) is 17.7 Å². The fourth-order valence-corrected chi connectivity index (χ4v) is 5.37. The SMILES string of the molecule is CN1CCCC(CN(C)S(=O)(=O)c2c(C(N)=O)[nH]c3ccc(Cl)cc23)C1. The van der Waals surface area contributed by atoms with Crippen molar-refractivity contribution in [2.75, 3.05) is 33.7 Å². The Bertz CT molecular complexity index is 941. The number of amides is 1. The topological polar surface area (TPSA) is 99.5 Å². The average Bonchev–Trinajstić information content (AvgIpc) is 2.94. The summed E-state index contributed by atoms with van der Waals surface area (Å²) in [6.07, 6.45) is 2.02. The van der Waals surface area contributed by atoms with E-state index < -0.39 is 15.9 Å². The molecule has 7 nitrogen and oxygen atoms in total. The Morgan fingerprint density at radius 3 is 2.85 bits per heavy atom. The molecule has 0 bridgehead atoms. The number of rotatable bonds is 5. The predicted octanol–water partition coefficient (Wildman–Crippen LogP) is 1.88. The number of carbonyl (C=O) groups is 1. The summed E-state index contributed by atoms with van der Waals surface area (Å²) in [6.45, 7) is 2.26. The Hall–Kier alpha value is -1.61. The second-order valence-corrected chi connectivity index (χ2v) is 9.36. The minimum absolute atomic E-state index is 0.103. The number of likely N-dealkylation sites (tertiary alicyclic amines) is 1. The summed E-state index contributed by atoms with van der Waals surface area (Å²) >= 11 is 6.04. The van der Waals surface area contributed by atoms with Crippen LogP contribution in [0.4, 0.5) is 0 Å². The highest BCUT2D eigenvalue weighted by atomic mass is 35.5. The third-order valence-electron chi connectivity index (χ3n) is 4.87. The number of piperidine rings is 1. The fraction of sp³-hybridized carbons (Fsp3) is 0.471. The summed E-state index contributed by atoms with van der Waals surface area (Å²) < 4.78 is 27.8. The lowest BCUT2D eigenvalue weighted by atomic mass is 9.99. The number of hydrogen-bond donors (Lipinski definition) is 2. The highest BCUT2D eigenvalue weighted by molar-refractivity contribution is 7.89. The Morgan fingerprint density at radius 1 is 1.46 bits per heavy atom. The first-order valence-corrected chi connectivity index (χ1v) is 10.3. The first kappa shape index (κ1) is 19.2. The van der Waals surface area contributed by atoms with Crippen molar-refractivity contribution in [1.29, 1.82) is 0 Å². The summed E-state index contributed by atoms with van der Waals surface area (Å²) in [5.74, 6) is -0.568. The maximum absolute atomic E-state index is 13.2. The number of aromatic amines is 1. The quantitative estimate of drug-likeness (QED) is 0.803. The van der Waals surface area contributed by atoms with Gasteiger partial charge in [-0.3, -0.25) is 4.79 Å². The molecule has 1 aromatic heterocycles. The van der Waals surface area contributed by atoms with E-state index in [4.69, 9.17) is 17.3 Å². The average molecular weight is 399 g/mol. The second-order valence-electron chi connectivity index (χ2n) is 6.94. The van der Waals surface area contributed by atoms with Gasteiger partial charge in [0.15, 0.2) is 0 Å². The molecule has 1 aliphatic rings.